The lowest BCUT2D eigenvalue weighted by atomic mass is 9.73. The Morgan fingerprint density at radius 2 is 1.60 bits per heavy atom. The third-order valence-electron chi connectivity index (χ3n) is 7.91. The predicted molar refractivity (Wildman–Crippen MR) is 144 cm³/mol. The number of hydrogen-bond acceptors (Lipinski definition) is 4. The molecule has 0 bridgehead atoms. The van der Waals surface area contributed by atoms with Crippen molar-refractivity contribution < 1.29 is 9.84 Å². The van der Waals surface area contributed by atoms with E-state index >= 15 is 0 Å². The van der Waals surface area contributed by atoms with Gasteiger partial charge in [0.15, 0.2) is 0 Å². The third kappa shape index (κ3) is 5.30. The summed E-state index contributed by atoms with van der Waals surface area (Å²) in [5.74, 6) is 2.07. The Kier molecular flexibility index (Phi) is 8.61. The Labute approximate surface area is 210 Å². The van der Waals surface area contributed by atoms with Crippen molar-refractivity contribution >= 4 is 0 Å². The van der Waals surface area contributed by atoms with Gasteiger partial charge in [0.1, 0.15) is 5.75 Å². The standard InChI is InChI=1S/C31H40N2O2/c1-5-22(2)25-16-17-28(35-4)27(20-25)30-26(18-19-34)21-33(32-3)31(30)29(23-12-8-6-9-13-23)24-14-10-7-11-15-24/h6-17,20,22,26,29-32,34H,5,18-19,21H2,1-4H3. The summed E-state index contributed by atoms with van der Waals surface area (Å²) in [5.41, 5.74) is 8.73. The molecule has 0 aromatic heterocycles. The summed E-state index contributed by atoms with van der Waals surface area (Å²) in [6.45, 7) is 5.59. The Hall–Kier alpha value is -2.66. The van der Waals surface area contributed by atoms with Crippen molar-refractivity contribution in [3.63, 3.8) is 0 Å². The smallest absolute Gasteiger partial charge is 0.122 e. The lowest BCUT2D eigenvalue weighted by Gasteiger charge is -2.36. The molecule has 1 aliphatic rings. The summed E-state index contributed by atoms with van der Waals surface area (Å²) in [4.78, 5) is 0. The molecule has 2 N–H and O–H groups in total. The van der Waals surface area contributed by atoms with E-state index in [0.29, 0.717) is 11.8 Å². The van der Waals surface area contributed by atoms with Crippen LogP contribution in [0.4, 0.5) is 0 Å². The topological polar surface area (TPSA) is 44.7 Å². The van der Waals surface area contributed by atoms with Crippen LogP contribution in [0.25, 0.3) is 0 Å². The zero-order valence-corrected chi connectivity index (χ0v) is 21.5. The zero-order chi connectivity index (χ0) is 24.8. The second kappa shape index (κ2) is 11.9. The number of nitrogens with one attached hydrogen (secondary N) is 1. The number of rotatable bonds is 10. The molecule has 4 unspecified atom stereocenters. The summed E-state index contributed by atoms with van der Waals surface area (Å²) in [7, 11) is 3.79. The first-order valence-electron chi connectivity index (χ1n) is 12.9. The number of ether oxygens (including phenoxy) is 1. The van der Waals surface area contributed by atoms with Crippen molar-refractivity contribution in [1.29, 1.82) is 0 Å². The van der Waals surface area contributed by atoms with Crippen molar-refractivity contribution in [3.05, 3.63) is 101 Å². The number of hydrazine groups is 1. The normalized spacial score (nSPS) is 21.4. The molecule has 0 spiro atoms. The van der Waals surface area contributed by atoms with Crippen LogP contribution in [0.1, 0.15) is 66.7 Å². The average molecular weight is 473 g/mol. The van der Waals surface area contributed by atoms with Gasteiger partial charge in [0.2, 0.25) is 0 Å². The van der Waals surface area contributed by atoms with Crippen LogP contribution in [0.2, 0.25) is 0 Å². The lowest BCUT2D eigenvalue weighted by molar-refractivity contribution is 0.165. The van der Waals surface area contributed by atoms with E-state index in [1.54, 1.807) is 7.11 Å². The fourth-order valence-electron chi connectivity index (χ4n) is 5.93. The van der Waals surface area contributed by atoms with Crippen LogP contribution < -0.4 is 10.2 Å². The van der Waals surface area contributed by atoms with Gasteiger partial charge in [-0.25, -0.2) is 5.01 Å². The van der Waals surface area contributed by atoms with E-state index in [0.717, 1.165) is 25.1 Å². The van der Waals surface area contributed by atoms with Gasteiger partial charge in [-0.3, -0.25) is 5.43 Å². The fraction of sp³-hybridized carbons (Fsp3) is 0.419. The zero-order valence-electron chi connectivity index (χ0n) is 21.5. The first-order valence-corrected chi connectivity index (χ1v) is 12.9. The van der Waals surface area contributed by atoms with Gasteiger partial charge in [-0.1, -0.05) is 86.6 Å². The fourth-order valence-corrected chi connectivity index (χ4v) is 5.93. The van der Waals surface area contributed by atoms with Crippen LogP contribution in [-0.2, 0) is 0 Å². The molecule has 1 aliphatic heterocycles. The summed E-state index contributed by atoms with van der Waals surface area (Å²) >= 11 is 0. The molecule has 4 heteroatoms. The minimum Gasteiger partial charge on any atom is -0.496 e. The van der Waals surface area contributed by atoms with E-state index in [1.165, 1.54) is 22.3 Å². The maximum Gasteiger partial charge on any atom is 0.122 e. The SMILES string of the molecule is CCC(C)c1ccc(OC)c(C2C(CCO)CN(NC)C2C(c2ccccc2)c2ccccc2)c1. The number of nitrogens with zero attached hydrogens (tertiary/aromatic N) is 1. The van der Waals surface area contributed by atoms with Gasteiger partial charge >= 0.3 is 0 Å². The molecule has 3 aromatic rings. The van der Waals surface area contributed by atoms with Crippen molar-refractivity contribution in [2.24, 2.45) is 5.92 Å². The highest BCUT2D eigenvalue weighted by Gasteiger charge is 2.47. The molecular weight excluding hydrogens is 432 g/mol. The van der Waals surface area contributed by atoms with Crippen LogP contribution in [0.5, 0.6) is 5.75 Å². The molecule has 0 amide bonds. The van der Waals surface area contributed by atoms with E-state index in [-0.39, 0.29) is 24.5 Å². The summed E-state index contributed by atoms with van der Waals surface area (Å²) in [6.07, 6.45) is 1.85. The Morgan fingerprint density at radius 3 is 2.11 bits per heavy atom. The van der Waals surface area contributed by atoms with Gasteiger partial charge < -0.3 is 9.84 Å². The van der Waals surface area contributed by atoms with Crippen LogP contribution >= 0.6 is 0 Å². The molecule has 3 aromatic carbocycles. The Balaban J connectivity index is 1.92. The highest BCUT2D eigenvalue weighted by atomic mass is 16.5. The molecule has 4 atom stereocenters. The molecule has 35 heavy (non-hydrogen) atoms. The number of aliphatic hydroxyl groups is 1. The van der Waals surface area contributed by atoms with Gasteiger partial charge in [-0.05, 0) is 60.0 Å². The Bertz CT molecular complexity index is 1020. The summed E-state index contributed by atoms with van der Waals surface area (Å²) in [5, 5.41) is 12.4. The first kappa shape index (κ1) is 25.4. The van der Waals surface area contributed by atoms with E-state index in [1.807, 2.05) is 7.05 Å². The largest absolute Gasteiger partial charge is 0.496 e. The van der Waals surface area contributed by atoms with E-state index < -0.39 is 0 Å². The molecule has 0 saturated carbocycles. The highest BCUT2D eigenvalue weighted by Crippen LogP contribution is 2.49. The van der Waals surface area contributed by atoms with E-state index in [9.17, 15) is 5.11 Å². The first-order chi connectivity index (χ1) is 17.1. The van der Waals surface area contributed by atoms with Crippen LogP contribution in [0.3, 0.4) is 0 Å². The van der Waals surface area contributed by atoms with E-state index in [4.69, 9.17) is 4.74 Å². The quantitative estimate of drug-likeness (QED) is 0.383. The van der Waals surface area contributed by atoms with Crippen molar-refractivity contribution in [2.75, 3.05) is 27.3 Å². The summed E-state index contributed by atoms with van der Waals surface area (Å²) in [6, 6.07) is 28.6. The van der Waals surface area contributed by atoms with Crippen LogP contribution in [0.15, 0.2) is 78.9 Å². The van der Waals surface area contributed by atoms with Crippen LogP contribution in [-0.4, -0.2) is 43.5 Å². The number of hydrogen-bond donors (Lipinski definition) is 2. The highest BCUT2D eigenvalue weighted by molar-refractivity contribution is 5.45. The minimum absolute atomic E-state index is 0.155. The van der Waals surface area contributed by atoms with Crippen molar-refractivity contribution in [2.45, 2.75) is 50.5 Å². The number of methoxy groups -OCH3 is 1. The lowest BCUT2D eigenvalue weighted by Crippen LogP contribution is -2.44. The minimum atomic E-state index is 0.155. The van der Waals surface area contributed by atoms with Gasteiger partial charge in [-0.15, -0.1) is 0 Å². The van der Waals surface area contributed by atoms with Crippen molar-refractivity contribution in [3.8, 4) is 5.75 Å². The molecular formula is C31H40N2O2. The van der Waals surface area contributed by atoms with Gasteiger partial charge in [-0.2, -0.15) is 0 Å². The molecule has 1 fully saturated rings. The molecule has 0 aliphatic carbocycles. The van der Waals surface area contributed by atoms with Crippen LogP contribution in [0, 0.1) is 5.92 Å². The number of aliphatic hydroxyl groups excluding tert-OH is 1. The number of benzene rings is 3. The average Bonchev–Trinajstić information content (AvgIpc) is 3.27. The molecule has 0 radical (unpaired) electrons. The monoisotopic (exact) mass is 472 g/mol. The molecule has 186 valence electrons. The van der Waals surface area contributed by atoms with Gasteiger partial charge in [0.05, 0.1) is 7.11 Å². The summed E-state index contributed by atoms with van der Waals surface area (Å²) < 4.78 is 5.96. The maximum absolute atomic E-state index is 10.0. The molecule has 4 rings (SSSR count). The van der Waals surface area contributed by atoms with Gasteiger partial charge in [0, 0.05) is 31.0 Å². The van der Waals surface area contributed by atoms with E-state index in [2.05, 4.69) is 103 Å². The second-order valence-corrected chi connectivity index (χ2v) is 9.77. The van der Waals surface area contributed by atoms with Gasteiger partial charge in [0.25, 0.3) is 0 Å². The molecule has 1 heterocycles. The maximum atomic E-state index is 10.0. The third-order valence-corrected chi connectivity index (χ3v) is 7.91. The molecule has 4 nitrogen and oxygen atoms in total. The Morgan fingerprint density at radius 1 is 0.971 bits per heavy atom. The molecule has 1 saturated heterocycles. The second-order valence-electron chi connectivity index (χ2n) is 9.77. The van der Waals surface area contributed by atoms with Crippen molar-refractivity contribution in [1.82, 2.24) is 10.4 Å². The predicted octanol–water partition coefficient (Wildman–Crippen LogP) is 5.94.